The van der Waals surface area contributed by atoms with E-state index in [9.17, 15) is 9.18 Å². The summed E-state index contributed by atoms with van der Waals surface area (Å²) in [6, 6.07) is 10.5. The molecule has 1 aliphatic rings. The number of hydrogen-bond acceptors (Lipinski definition) is 5. The lowest BCUT2D eigenvalue weighted by Crippen LogP contribution is -2.18. The van der Waals surface area contributed by atoms with Gasteiger partial charge in [-0.05, 0) is 43.0 Å². The highest BCUT2D eigenvalue weighted by atomic mass is 32.1. The Kier molecular flexibility index (Phi) is 5.28. The number of carbonyl (C=O) groups is 1. The number of benzene rings is 1. The molecule has 0 aliphatic carbocycles. The first kappa shape index (κ1) is 17.4. The molecule has 0 spiro atoms. The van der Waals surface area contributed by atoms with Gasteiger partial charge in [-0.25, -0.2) is 9.18 Å². The number of rotatable bonds is 5. The minimum atomic E-state index is -0.377. The highest BCUT2D eigenvalue weighted by Crippen LogP contribution is 2.32. The maximum atomic E-state index is 13.3. The van der Waals surface area contributed by atoms with Crippen molar-refractivity contribution < 1.29 is 13.9 Å². The second-order valence-electron chi connectivity index (χ2n) is 5.69. The highest BCUT2D eigenvalue weighted by molar-refractivity contribution is 7.12. The molecule has 0 saturated carbocycles. The van der Waals surface area contributed by atoms with Crippen molar-refractivity contribution in [1.29, 1.82) is 0 Å². The Bertz CT molecular complexity index is 797. The molecule has 1 atom stereocenters. The molecule has 3 rings (SSSR count). The van der Waals surface area contributed by atoms with Gasteiger partial charge in [-0.3, -0.25) is 5.01 Å². The van der Waals surface area contributed by atoms with Crippen molar-refractivity contribution in [2.24, 2.45) is 5.10 Å². The molecule has 1 aliphatic heterocycles. The van der Waals surface area contributed by atoms with Gasteiger partial charge in [-0.1, -0.05) is 18.2 Å². The van der Waals surface area contributed by atoms with Gasteiger partial charge in [0.2, 0.25) is 0 Å². The molecule has 0 N–H and O–H groups in total. The predicted octanol–water partition coefficient (Wildman–Crippen LogP) is 4.16. The van der Waals surface area contributed by atoms with Gasteiger partial charge in [0, 0.05) is 17.7 Å². The molecule has 0 fully saturated rings. The average Bonchev–Trinajstić information content (AvgIpc) is 3.25. The van der Waals surface area contributed by atoms with Crippen LogP contribution >= 0.6 is 11.3 Å². The molecule has 130 valence electrons. The fourth-order valence-corrected chi connectivity index (χ4v) is 3.52. The SMILES string of the molecule is CCOC(=O)C=C(C)N1CC(c2ccc(F)cc2)C(c2cccs2)=N1. The molecule has 2 aromatic rings. The van der Waals surface area contributed by atoms with Gasteiger partial charge >= 0.3 is 5.97 Å². The number of ether oxygens (including phenoxy) is 1. The van der Waals surface area contributed by atoms with Crippen LogP contribution in [0, 0.1) is 5.82 Å². The zero-order valence-electron chi connectivity index (χ0n) is 14.1. The Morgan fingerprint density at radius 3 is 2.80 bits per heavy atom. The zero-order valence-corrected chi connectivity index (χ0v) is 14.9. The monoisotopic (exact) mass is 358 g/mol. The molecule has 0 bridgehead atoms. The third kappa shape index (κ3) is 3.96. The maximum absolute atomic E-state index is 13.3. The van der Waals surface area contributed by atoms with Crippen molar-refractivity contribution in [3.63, 3.8) is 0 Å². The molecular formula is C19H19FN2O2S. The van der Waals surface area contributed by atoms with Crippen LogP contribution in [0.4, 0.5) is 4.39 Å². The first-order valence-electron chi connectivity index (χ1n) is 8.09. The van der Waals surface area contributed by atoms with Gasteiger partial charge in [-0.2, -0.15) is 5.10 Å². The first-order chi connectivity index (χ1) is 12.1. The average molecular weight is 358 g/mol. The van der Waals surface area contributed by atoms with E-state index in [0.29, 0.717) is 13.2 Å². The van der Waals surface area contributed by atoms with E-state index in [4.69, 9.17) is 9.84 Å². The number of allylic oxidation sites excluding steroid dienone is 1. The third-order valence-corrected chi connectivity index (χ3v) is 4.87. The summed E-state index contributed by atoms with van der Waals surface area (Å²) < 4.78 is 18.2. The summed E-state index contributed by atoms with van der Waals surface area (Å²) in [5, 5.41) is 8.52. The Balaban J connectivity index is 1.91. The van der Waals surface area contributed by atoms with Crippen molar-refractivity contribution in [3.8, 4) is 0 Å². The second kappa shape index (κ2) is 7.61. The van der Waals surface area contributed by atoms with E-state index in [0.717, 1.165) is 21.8 Å². The van der Waals surface area contributed by atoms with Crippen LogP contribution in [0.15, 0.2) is 58.7 Å². The van der Waals surface area contributed by atoms with Crippen molar-refractivity contribution in [2.45, 2.75) is 19.8 Å². The van der Waals surface area contributed by atoms with Crippen LogP contribution < -0.4 is 0 Å². The van der Waals surface area contributed by atoms with Crippen LogP contribution in [0.3, 0.4) is 0 Å². The Morgan fingerprint density at radius 2 is 2.16 bits per heavy atom. The Labute approximate surface area is 150 Å². The fourth-order valence-electron chi connectivity index (χ4n) is 2.76. The van der Waals surface area contributed by atoms with Crippen molar-refractivity contribution in [3.05, 3.63) is 69.8 Å². The minimum absolute atomic E-state index is 0.0183. The summed E-state index contributed by atoms with van der Waals surface area (Å²) in [6.45, 7) is 4.54. The summed E-state index contributed by atoms with van der Waals surface area (Å²) in [5.41, 5.74) is 2.65. The number of thiophene rings is 1. The number of nitrogens with zero attached hydrogens (tertiary/aromatic N) is 2. The van der Waals surface area contributed by atoms with E-state index in [-0.39, 0.29) is 17.7 Å². The molecule has 0 saturated heterocycles. The number of hydrogen-bond donors (Lipinski definition) is 0. The number of halogens is 1. The molecule has 0 radical (unpaired) electrons. The molecule has 2 heterocycles. The van der Waals surface area contributed by atoms with E-state index in [2.05, 4.69) is 0 Å². The van der Waals surface area contributed by atoms with Gasteiger partial charge in [0.1, 0.15) is 5.82 Å². The molecule has 1 aromatic carbocycles. The maximum Gasteiger partial charge on any atom is 0.332 e. The van der Waals surface area contributed by atoms with E-state index in [1.807, 2.05) is 24.4 Å². The van der Waals surface area contributed by atoms with Gasteiger partial charge in [0.25, 0.3) is 0 Å². The molecule has 1 aromatic heterocycles. The summed E-state index contributed by atoms with van der Waals surface area (Å²) in [6.07, 6.45) is 1.45. The van der Waals surface area contributed by atoms with E-state index < -0.39 is 0 Å². The van der Waals surface area contributed by atoms with Crippen LogP contribution in [-0.4, -0.2) is 29.8 Å². The van der Waals surface area contributed by atoms with Crippen LogP contribution in [-0.2, 0) is 9.53 Å². The second-order valence-corrected chi connectivity index (χ2v) is 6.63. The lowest BCUT2D eigenvalue weighted by atomic mass is 9.94. The molecule has 25 heavy (non-hydrogen) atoms. The number of esters is 1. The largest absolute Gasteiger partial charge is 0.463 e. The normalized spacial score (nSPS) is 17.6. The standard InChI is InChI=1S/C19H19FN2O2S/c1-3-24-18(23)11-13(2)22-12-16(14-6-8-15(20)9-7-14)19(21-22)17-5-4-10-25-17/h4-11,16H,3,12H2,1-2H3. The van der Waals surface area contributed by atoms with E-state index >= 15 is 0 Å². The summed E-state index contributed by atoms with van der Waals surface area (Å²) in [5.74, 6) is -0.616. The number of hydrazone groups is 1. The number of carbonyl (C=O) groups excluding carboxylic acids is 1. The Hall–Kier alpha value is -2.47. The minimum Gasteiger partial charge on any atom is -0.463 e. The molecule has 4 nitrogen and oxygen atoms in total. The van der Waals surface area contributed by atoms with E-state index in [1.54, 1.807) is 35.4 Å². The lowest BCUT2D eigenvalue weighted by molar-refractivity contribution is -0.137. The third-order valence-electron chi connectivity index (χ3n) is 3.98. The van der Waals surface area contributed by atoms with Crippen molar-refractivity contribution in [2.75, 3.05) is 13.2 Å². The lowest BCUT2D eigenvalue weighted by Gasteiger charge is -2.16. The van der Waals surface area contributed by atoms with Gasteiger partial charge < -0.3 is 4.74 Å². The Morgan fingerprint density at radius 1 is 1.40 bits per heavy atom. The van der Waals surface area contributed by atoms with Gasteiger partial charge in [0.15, 0.2) is 0 Å². The molecule has 1 unspecified atom stereocenters. The van der Waals surface area contributed by atoms with Crippen LogP contribution in [0.5, 0.6) is 0 Å². The quantitative estimate of drug-likeness (QED) is 0.595. The van der Waals surface area contributed by atoms with Crippen LogP contribution in [0.25, 0.3) is 0 Å². The predicted molar refractivity (Wildman–Crippen MR) is 97.1 cm³/mol. The topological polar surface area (TPSA) is 41.9 Å². The summed E-state index contributed by atoms with van der Waals surface area (Å²) in [4.78, 5) is 12.8. The summed E-state index contributed by atoms with van der Waals surface area (Å²) >= 11 is 1.61. The summed E-state index contributed by atoms with van der Waals surface area (Å²) in [7, 11) is 0. The molecule has 6 heteroatoms. The van der Waals surface area contributed by atoms with Crippen LogP contribution in [0.1, 0.15) is 30.2 Å². The van der Waals surface area contributed by atoms with E-state index in [1.165, 1.54) is 18.2 Å². The highest BCUT2D eigenvalue weighted by Gasteiger charge is 2.30. The van der Waals surface area contributed by atoms with Gasteiger partial charge in [-0.15, -0.1) is 11.3 Å². The van der Waals surface area contributed by atoms with Crippen molar-refractivity contribution >= 4 is 23.0 Å². The fraction of sp³-hybridized carbons (Fsp3) is 0.263. The van der Waals surface area contributed by atoms with Crippen molar-refractivity contribution in [1.82, 2.24) is 5.01 Å². The molecular weight excluding hydrogens is 339 g/mol. The van der Waals surface area contributed by atoms with Gasteiger partial charge in [0.05, 0.1) is 23.7 Å². The zero-order chi connectivity index (χ0) is 17.8. The first-order valence-corrected chi connectivity index (χ1v) is 8.97. The van der Waals surface area contributed by atoms with Crippen LogP contribution in [0.2, 0.25) is 0 Å². The smallest absolute Gasteiger partial charge is 0.332 e. The molecule has 0 amide bonds.